The molecule has 112 valence electrons. The van der Waals surface area contributed by atoms with Crippen LogP contribution >= 0.6 is 15.9 Å². The fourth-order valence-electron chi connectivity index (χ4n) is 3.22. The third-order valence-electron chi connectivity index (χ3n) is 4.40. The number of aliphatic hydroxyl groups is 1. The minimum Gasteiger partial charge on any atom is -0.389 e. The van der Waals surface area contributed by atoms with Crippen LogP contribution in [0.5, 0.6) is 0 Å². The number of halogens is 1. The van der Waals surface area contributed by atoms with Gasteiger partial charge in [-0.2, -0.15) is 0 Å². The Morgan fingerprint density at radius 3 is 2.29 bits per heavy atom. The number of fused-ring (bicyclic) bond motifs is 1. The van der Waals surface area contributed by atoms with E-state index in [1.165, 1.54) is 22.4 Å². The summed E-state index contributed by atoms with van der Waals surface area (Å²) < 4.78 is 2.18. The van der Waals surface area contributed by atoms with Crippen molar-refractivity contribution in [1.82, 2.24) is 4.57 Å². The molecule has 0 saturated carbocycles. The normalized spacial score (nSPS) is 16.1. The monoisotopic (exact) mass is 347 g/mol. The molecular weight excluding hydrogens is 326 g/mol. The van der Waals surface area contributed by atoms with Crippen molar-refractivity contribution < 1.29 is 5.11 Å². The van der Waals surface area contributed by atoms with E-state index in [4.69, 9.17) is 0 Å². The molecule has 1 aromatic heterocycles. The van der Waals surface area contributed by atoms with Crippen LogP contribution in [-0.4, -0.2) is 20.6 Å². The van der Waals surface area contributed by atoms with E-state index in [1.807, 2.05) is 0 Å². The van der Waals surface area contributed by atoms with Gasteiger partial charge in [0.15, 0.2) is 0 Å². The first-order chi connectivity index (χ1) is 10.1. The van der Waals surface area contributed by atoms with Crippen LogP contribution < -0.4 is 0 Å². The van der Waals surface area contributed by atoms with Crippen molar-refractivity contribution in [3.63, 3.8) is 0 Å². The average molecular weight is 348 g/mol. The summed E-state index contributed by atoms with van der Waals surface area (Å²) in [6, 6.07) is 8.56. The first kappa shape index (κ1) is 14.9. The van der Waals surface area contributed by atoms with Crippen molar-refractivity contribution in [2.24, 2.45) is 0 Å². The number of alkyl halides is 1. The van der Waals surface area contributed by atoms with Crippen molar-refractivity contribution in [2.45, 2.75) is 44.6 Å². The molecule has 2 nitrogen and oxygen atoms in total. The first-order valence-corrected chi connectivity index (χ1v) is 8.77. The number of hydrogen-bond donors (Lipinski definition) is 1. The third-order valence-corrected chi connectivity index (χ3v) is 4.96. The second-order valence-electron chi connectivity index (χ2n) is 6.28. The minimum atomic E-state index is -0.515. The Labute approximate surface area is 134 Å². The van der Waals surface area contributed by atoms with Crippen LogP contribution in [0.4, 0.5) is 0 Å². The highest BCUT2D eigenvalue weighted by atomic mass is 79.9. The second-order valence-corrected chi connectivity index (χ2v) is 7.07. The maximum absolute atomic E-state index is 10.7. The number of nitrogens with zero attached hydrogens (tertiary/aromatic N) is 1. The lowest BCUT2D eigenvalue weighted by atomic mass is 9.93. The molecule has 1 aliphatic rings. The summed E-state index contributed by atoms with van der Waals surface area (Å²) in [7, 11) is 0. The molecule has 2 aromatic rings. The van der Waals surface area contributed by atoms with E-state index in [-0.39, 0.29) is 0 Å². The molecule has 0 fully saturated rings. The van der Waals surface area contributed by atoms with Gasteiger partial charge in [-0.15, -0.1) is 0 Å². The molecule has 0 spiro atoms. The quantitative estimate of drug-likeness (QED) is 0.636. The van der Waals surface area contributed by atoms with Gasteiger partial charge in [0.25, 0.3) is 0 Å². The third kappa shape index (κ3) is 3.24. The van der Waals surface area contributed by atoms with Gasteiger partial charge in [-0.1, -0.05) is 33.6 Å². The highest BCUT2D eigenvalue weighted by Crippen LogP contribution is 2.35. The van der Waals surface area contributed by atoms with Crippen molar-refractivity contribution >= 4 is 15.9 Å². The summed E-state index contributed by atoms with van der Waals surface area (Å²) in [6.07, 6.45) is 9.08. The highest BCUT2D eigenvalue weighted by Gasteiger charge is 2.35. The maximum Gasteiger partial charge on any atom is 0.0729 e. The Balaban J connectivity index is 1.72. The summed E-state index contributed by atoms with van der Waals surface area (Å²) in [5.41, 5.74) is 4.56. The van der Waals surface area contributed by atoms with Gasteiger partial charge in [0.1, 0.15) is 0 Å². The lowest BCUT2D eigenvalue weighted by Crippen LogP contribution is -2.29. The van der Waals surface area contributed by atoms with E-state index in [9.17, 15) is 5.11 Å². The van der Waals surface area contributed by atoms with Crippen molar-refractivity contribution in [2.75, 3.05) is 5.33 Å². The molecule has 0 amide bonds. The summed E-state index contributed by atoms with van der Waals surface area (Å²) in [4.78, 5) is 0. The number of hydrogen-bond acceptors (Lipinski definition) is 1. The minimum absolute atomic E-state index is 0.515. The van der Waals surface area contributed by atoms with Gasteiger partial charge < -0.3 is 9.67 Å². The molecule has 1 aromatic carbocycles. The lowest BCUT2D eigenvalue weighted by Gasteiger charge is -2.22. The fraction of sp³-hybridized carbons (Fsp3) is 0.444. The number of rotatable bonds is 5. The summed E-state index contributed by atoms with van der Waals surface area (Å²) in [5.74, 6) is 0. The van der Waals surface area contributed by atoms with Gasteiger partial charge in [0.2, 0.25) is 0 Å². The zero-order valence-corrected chi connectivity index (χ0v) is 14.1. The van der Waals surface area contributed by atoms with Crippen LogP contribution in [0.15, 0.2) is 36.7 Å². The molecule has 1 N–H and O–H groups in total. The molecule has 0 atom stereocenters. The lowest BCUT2D eigenvalue weighted by molar-refractivity contribution is 0.0399. The van der Waals surface area contributed by atoms with Gasteiger partial charge in [-0.25, -0.2) is 0 Å². The van der Waals surface area contributed by atoms with Gasteiger partial charge in [-0.3, -0.25) is 0 Å². The van der Waals surface area contributed by atoms with Crippen LogP contribution in [0.2, 0.25) is 0 Å². The molecule has 0 aliphatic heterocycles. The van der Waals surface area contributed by atoms with Gasteiger partial charge in [0, 0.05) is 36.3 Å². The zero-order chi connectivity index (χ0) is 14.9. The standard InChI is InChI=1S/C18H22BrNO/c1-14-4-6-17(7-5-14)20-12-15-10-18(21,8-2-3-9-19)11-16(15)13-20/h4-7,12-13,21H,2-3,8-11H2,1H3. The Hall–Kier alpha value is -1.06. The average Bonchev–Trinajstić information content (AvgIpc) is 2.95. The molecule has 0 radical (unpaired) electrons. The molecular formula is C18H22BrNO. The predicted octanol–water partition coefficient (Wildman–Crippen LogP) is 4.18. The molecule has 0 bridgehead atoms. The first-order valence-electron chi connectivity index (χ1n) is 7.65. The zero-order valence-electron chi connectivity index (χ0n) is 12.5. The van der Waals surface area contributed by atoms with Crippen LogP contribution in [0.3, 0.4) is 0 Å². The SMILES string of the molecule is Cc1ccc(-n2cc3c(c2)CC(O)(CCCCBr)C3)cc1. The van der Waals surface area contributed by atoms with Crippen molar-refractivity contribution in [1.29, 1.82) is 0 Å². The smallest absolute Gasteiger partial charge is 0.0729 e. The summed E-state index contributed by atoms with van der Waals surface area (Å²) in [5, 5.41) is 11.7. The Bertz CT molecular complexity index is 591. The highest BCUT2D eigenvalue weighted by molar-refractivity contribution is 9.09. The molecule has 1 heterocycles. The Kier molecular flexibility index (Phi) is 4.23. The van der Waals surface area contributed by atoms with Crippen molar-refractivity contribution in [3.05, 3.63) is 53.3 Å². The number of aryl methyl sites for hydroxylation is 1. The Morgan fingerprint density at radius 2 is 1.71 bits per heavy atom. The van der Waals surface area contributed by atoms with Crippen LogP contribution in [0, 0.1) is 6.92 Å². The topological polar surface area (TPSA) is 25.2 Å². The number of unbranched alkanes of at least 4 members (excludes halogenated alkanes) is 1. The largest absolute Gasteiger partial charge is 0.389 e. The fourth-order valence-corrected chi connectivity index (χ4v) is 3.62. The molecule has 1 aliphatic carbocycles. The summed E-state index contributed by atoms with van der Waals surface area (Å²) >= 11 is 3.45. The van der Waals surface area contributed by atoms with Crippen molar-refractivity contribution in [3.8, 4) is 5.69 Å². The van der Waals surface area contributed by atoms with Gasteiger partial charge >= 0.3 is 0 Å². The predicted molar refractivity (Wildman–Crippen MR) is 90.5 cm³/mol. The van der Waals surface area contributed by atoms with E-state index >= 15 is 0 Å². The number of benzene rings is 1. The Morgan fingerprint density at radius 1 is 1.10 bits per heavy atom. The maximum atomic E-state index is 10.7. The molecule has 21 heavy (non-hydrogen) atoms. The van der Waals surface area contributed by atoms with E-state index in [0.717, 1.165) is 37.4 Å². The van der Waals surface area contributed by atoms with E-state index in [2.05, 4.69) is 64.1 Å². The van der Waals surface area contributed by atoms with Gasteiger partial charge in [0.05, 0.1) is 5.60 Å². The van der Waals surface area contributed by atoms with Crippen LogP contribution in [0.25, 0.3) is 5.69 Å². The van der Waals surface area contributed by atoms with E-state index in [0.29, 0.717) is 0 Å². The van der Waals surface area contributed by atoms with E-state index < -0.39 is 5.60 Å². The molecule has 0 saturated heterocycles. The molecule has 0 unspecified atom stereocenters. The van der Waals surface area contributed by atoms with Gasteiger partial charge in [-0.05, 0) is 49.4 Å². The second kappa shape index (κ2) is 5.98. The summed E-state index contributed by atoms with van der Waals surface area (Å²) in [6.45, 7) is 2.10. The van der Waals surface area contributed by atoms with Crippen LogP contribution in [0.1, 0.15) is 36.0 Å². The molecule has 3 rings (SSSR count). The number of aromatic nitrogens is 1. The van der Waals surface area contributed by atoms with Crippen LogP contribution in [-0.2, 0) is 12.8 Å². The van der Waals surface area contributed by atoms with E-state index in [1.54, 1.807) is 0 Å². The molecule has 3 heteroatoms.